The molecule has 0 unspecified atom stereocenters. The summed E-state index contributed by atoms with van der Waals surface area (Å²) in [6.45, 7) is 5.36. The predicted molar refractivity (Wildman–Crippen MR) is 176 cm³/mol. The second-order valence-electron chi connectivity index (χ2n) is 11.6. The standard InChI is InChI=1S/C35H45N3O6S/c1-6-31(35(40)36-28-10-8-7-9-11-28)37(23-27-16-12-25(2)13-17-27)34(39)24-38(29-18-21-32(43-4)33(22-29)44-5)45(41,42)30-19-14-26(3)15-20-30/h12-22,28,31H,6-11,23-24H2,1-5H3,(H,36,40)/t31-/m0/s1. The smallest absolute Gasteiger partial charge is 0.264 e. The van der Waals surface area contributed by atoms with Gasteiger partial charge < -0.3 is 19.7 Å². The van der Waals surface area contributed by atoms with Crippen molar-refractivity contribution < 1.29 is 27.5 Å². The lowest BCUT2D eigenvalue weighted by molar-refractivity contribution is -0.140. The van der Waals surface area contributed by atoms with E-state index in [2.05, 4.69) is 5.32 Å². The number of methoxy groups -OCH3 is 2. The Morgan fingerprint density at radius 2 is 1.47 bits per heavy atom. The van der Waals surface area contributed by atoms with Crippen LogP contribution in [0.25, 0.3) is 0 Å². The van der Waals surface area contributed by atoms with Gasteiger partial charge in [0.1, 0.15) is 12.6 Å². The molecule has 0 spiro atoms. The number of amides is 2. The summed E-state index contributed by atoms with van der Waals surface area (Å²) in [4.78, 5) is 29.7. The summed E-state index contributed by atoms with van der Waals surface area (Å²) in [5, 5.41) is 3.18. The van der Waals surface area contributed by atoms with Gasteiger partial charge in [0.2, 0.25) is 11.8 Å². The summed E-state index contributed by atoms with van der Waals surface area (Å²) < 4.78 is 40.3. The summed E-state index contributed by atoms with van der Waals surface area (Å²) in [5.74, 6) is 0.0312. The highest BCUT2D eigenvalue weighted by Gasteiger charge is 2.34. The molecule has 45 heavy (non-hydrogen) atoms. The highest BCUT2D eigenvalue weighted by molar-refractivity contribution is 7.92. The Morgan fingerprint density at radius 3 is 2.04 bits per heavy atom. The second-order valence-corrected chi connectivity index (χ2v) is 13.5. The van der Waals surface area contributed by atoms with Crippen LogP contribution in [0.4, 0.5) is 5.69 Å². The Morgan fingerprint density at radius 1 is 0.867 bits per heavy atom. The number of hydrogen-bond donors (Lipinski definition) is 1. The van der Waals surface area contributed by atoms with E-state index in [0.29, 0.717) is 17.9 Å². The van der Waals surface area contributed by atoms with Crippen molar-refractivity contribution in [1.82, 2.24) is 10.2 Å². The molecule has 0 bridgehead atoms. The van der Waals surface area contributed by atoms with Gasteiger partial charge in [0, 0.05) is 18.7 Å². The highest BCUT2D eigenvalue weighted by atomic mass is 32.2. The summed E-state index contributed by atoms with van der Waals surface area (Å²) in [6.07, 6.45) is 5.47. The van der Waals surface area contributed by atoms with Gasteiger partial charge in [0.25, 0.3) is 10.0 Å². The number of anilines is 1. The molecule has 4 rings (SSSR count). The molecule has 1 saturated carbocycles. The van der Waals surface area contributed by atoms with E-state index >= 15 is 0 Å². The lowest BCUT2D eigenvalue weighted by atomic mass is 9.95. The number of nitrogens with zero attached hydrogens (tertiary/aromatic N) is 2. The first kappa shape index (κ1) is 33.8. The third kappa shape index (κ3) is 8.36. The van der Waals surface area contributed by atoms with Gasteiger partial charge in [-0.2, -0.15) is 0 Å². The highest BCUT2D eigenvalue weighted by Crippen LogP contribution is 2.34. The van der Waals surface area contributed by atoms with Crippen molar-refractivity contribution in [3.63, 3.8) is 0 Å². The normalized spacial score (nSPS) is 14.3. The molecule has 242 valence electrons. The zero-order valence-electron chi connectivity index (χ0n) is 26.9. The van der Waals surface area contributed by atoms with Crippen LogP contribution in [-0.2, 0) is 26.2 Å². The van der Waals surface area contributed by atoms with E-state index in [4.69, 9.17) is 9.47 Å². The van der Waals surface area contributed by atoms with Crippen molar-refractivity contribution in [2.75, 3.05) is 25.1 Å². The average Bonchev–Trinajstić information content (AvgIpc) is 3.04. The van der Waals surface area contributed by atoms with Crippen molar-refractivity contribution in [1.29, 1.82) is 0 Å². The predicted octanol–water partition coefficient (Wildman–Crippen LogP) is 5.77. The van der Waals surface area contributed by atoms with Gasteiger partial charge in [-0.25, -0.2) is 8.42 Å². The third-order valence-electron chi connectivity index (χ3n) is 8.35. The van der Waals surface area contributed by atoms with Crippen LogP contribution in [0.3, 0.4) is 0 Å². The largest absolute Gasteiger partial charge is 0.493 e. The fraction of sp³-hybridized carbons (Fsp3) is 0.429. The molecular weight excluding hydrogens is 590 g/mol. The number of hydrogen-bond acceptors (Lipinski definition) is 6. The Hall–Kier alpha value is -4.05. The number of nitrogens with one attached hydrogen (secondary N) is 1. The topological polar surface area (TPSA) is 105 Å². The maximum Gasteiger partial charge on any atom is 0.264 e. The second kappa shape index (κ2) is 15.3. The minimum Gasteiger partial charge on any atom is -0.493 e. The quantitative estimate of drug-likeness (QED) is 0.256. The number of aryl methyl sites for hydroxylation is 2. The van der Waals surface area contributed by atoms with E-state index in [1.807, 2.05) is 45.0 Å². The van der Waals surface area contributed by atoms with E-state index in [1.165, 1.54) is 37.3 Å². The van der Waals surface area contributed by atoms with Gasteiger partial charge in [-0.1, -0.05) is 73.7 Å². The first-order valence-corrected chi connectivity index (χ1v) is 17.0. The van der Waals surface area contributed by atoms with Crippen molar-refractivity contribution in [2.45, 2.75) is 82.8 Å². The Balaban J connectivity index is 1.74. The molecule has 0 aromatic heterocycles. The van der Waals surface area contributed by atoms with Gasteiger partial charge in [0.05, 0.1) is 24.8 Å². The minimum absolute atomic E-state index is 0.0443. The average molecular weight is 636 g/mol. The molecule has 3 aromatic carbocycles. The number of carbonyl (C=O) groups is 2. The van der Waals surface area contributed by atoms with Crippen LogP contribution >= 0.6 is 0 Å². The van der Waals surface area contributed by atoms with E-state index in [9.17, 15) is 18.0 Å². The number of carbonyl (C=O) groups excluding carboxylic acids is 2. The van der Waals surface area contributed by atoms with E-state index in [1.54, 1.807) is 24.3 Å². The molecular formula is C35H45N3O6S. The molecule has 0 radical (unpaired) electrons. The van der Waals surface area contributed by atoms with Gasteiger partial charge in [-0.15, -0.1) is 0 Å². The molecule has 1 fully saturated rings. The Labute approximate surface area is 267 Å². The lowest BCUT2D eigenvalue weighted by Crippen LogP contribution is -2.54. The molecule has 3 aromatic rings. The van der Waals surface area contributed by atoms with Crippen LogP contribution in [0, 0.1) is 13.8 Å². The molecule has 0 heterocycles. The van der Waals surface area contributed by atoms with Crippen molar-refractivity contribution in [3.8, 4) is 11.5 Å². The molecule has 9 nitrogen and oxygen atoms in total. The van der Waals surface area contributed by atoms with E-state index < -0.39 is 28.5 Å². The SMILES string of the molecule is CC[C@@H](C(=O)NC1CCCCC1)N(Cc1ccc(C)cc1)C(=O)CN(c1ccc(OC)c(OC)c1)S(=O)(=O)c1ccc(C)cc1. The Kier molecular flexibility index (Phi) is 11.5. The van der Waals surface area contributed by atoms with Crippen molar-refractivity contribution >= 4 is 27.5 Å². The Bertz CT molecular complexity index is 1550. The van der Waals surface area contributed by atoms with E-state index in [0.717, 1.165) is 53.1 Å². The van der Waals surface area contributed by atoms with Crippen LogP contribution < -0.4 is 19.1 Å². The van der Waals surface area contributed by atoms with Crippen molar-refractivity contribution in [3.05, 3.63) is 83.4 Å². The minimum atomic E-state index is -4.21. The van der Waals surface area contributed by atoms with Crippen LogP contribution in [0.5, 0.6) is 11.5 Å². The van der Waals surface area contributed by atoms with Gasteiger partial charge in [-0.05, 0) is 62.9 Å². The van der Waals surface area contributed by atoms with Crippen LogP contribution in [0.15, 0.2) is 71.6 Å². The third-order valence-corrected chi connectivity index (χ3v) is 10.1. The number of sulfonamides is 1. The molecule has 10 heteroatoms. The zero-order chi connectivity index (χ0) is 32.6. The van der Waals surface area contributed by atoms with Gasteiger partial charge in [0.15, 0.2) is 11.5 Å². The fourth-order valence-electron chi connectivity index (χ4n) is 5.70. The van der Waals surface area contributed by atoms with Crippen LogP contribution in [-0.4, -0.2) is 58.0 Å². The molecule has 1 aliphatic rings. The first-order valence-electron chi connectivity index (χ1n) is 15.5. The van der Waals surface area contributed by atoms with Gasteiger partial charge >= 0.3 is 0 Å². The number of ether oxygens (including phenoxy) is 2. The monoisotopic (exact) mass is 635 g/mol. The van der Waals surface area contributed by atoms with Crippen molar-refractivity contribution in [2.24, 2.45) is 0 Å². The molecule has 2 amide bonds. The number of rotatable bonds is 13. The molecule has 0 saturated heterocycles. The van der Waals surface area contributed by atoms with Crippen LogP contribution in [0.2, 0.25) is 0 Å². The maximum atomic E-state index is 14.4. The number of benzene rings is 3. The zero-order valence-corrected chi connectivity index (χ0v) is 27.7. The summed E-state index contributed by atoms with van der Waals surface area (Å²) in [6, 6.07) is 18.3. The maximum absolute atomic E-state index is 14.4. The molecule has 0 aliphatic heterocycles. The molecule has 1 atom stereocenters. The lowest BCUT2D eigenvalue weighted by Gasteiger charge is -2.34. The molecule has 1 N–H and O–H groups in total. The fourth-order valence-corrected chi connectivity index (χ4v) is 7.11. The van der Waals surface area contributed by atoms with Gasteiger partial charge in [-0.3, -0.25) is 13.9 Å². The summed E-state index contributed by atoms with van der Waals surface area (Å²) in [7, 11) is -1.25. The summed E-state index contributed by atoms with van der Waals surface area (Å²) >= 11 is 0. The first-order chi connectivity index (χ1) is 21.6. The summed E-state index contributed by atoms with van der Waals surface area (Å²) in [5.41, 5.74) is 3.05. The van der Waals surface area contributed by atoms with Crippen LogP contribution in [0.1, 0.15) is 62.1 Å². The molecule has 1 aliphatic carbocycles. The van der Waals surface area contributed by atoms with E-state index in [-0.39, 0.29) is 29.1 Å².